The second-order valence-corrected chi connectivity index (χ2v) is 13.3. The highest BCUT2D eigenvalue weighted by Gasteiger charge is 2.43. The van der Waals surface area contributed by atoms with Crippen LogP contribution in [0, 0.1) is 11.7 Å². The topological polar surface area (TPSA) is 75.7 Å². The maximum atomic E-state index is 14.8. The fourth-order valence-electron chi connectivity index (χ4n) is 6.10. The molecule has 4 atom stereocenters. The number of benzene rings is 2. The van der Waals surface area contributed by atoms with E-state index in [1.165, 1.54) is 12.1 Å². The van der Waals surface area contributed by atoms with Crippen LogP contribution < -0.4 is 9.46 Å². The van der Waals surface area contributed by atoms with Gasteiger partial charge in [0, 0.05) is 34.2 Å². The second-order valence-electron chi connectivity index (χ2n) is 10.7. The molecule has 2 bridgehead atoms. The summed E-state index contributed by atoms with van der Waals surface area (Å²) >= 11 is 12.5. The van der Waals surface area contributed by atoms with E-state index in [9.17, 15) is 17.6 Å². The molecule has 0 spiro atoms. The molecule has 3 aliphatic rings. The molecule has 2 heterocycles. The summed E-state index contributed by atoms with van der Waals surface area (Å²) in [6, 6.07) is 9.48. The molecule has 200 valence electrons. The number of hydrogen-bond acceptors (Lipinski definition) is 5. The van der Waals surface area contributed by atoms with Crippen LogP contribution in [0.1, 0.15) is 78.9 Å². The summed E-state index contributed by atoms with van der Waals surface area (Å²) in [4.78, 5) is 14.9. The smallest absolute Gasteiger partial charge is 0.267 e. The molecule has 2 aliphatic heterocycles. The third-order valence-electron chi connectivity index (χ3n) is 7.82. The van der Waals surface area contributed by atoms with Crippen molar-refractivity contribution in [2.45, 2.75) is 69.5 Å². The highest BCUT2D eigenvalue weighted by atomic mass is 35.5. The molecule has 2 unspecified atom stereocenters. The Kier molecular flexibility index (Phi) is 7.48. The van der Waals surface area contributed by atoms with Gasteiger partial charge in [0.2, 0.25) is 10.0 Å². The van der Waals surface area contributed by atoms with Crippen molar-refractivity contribution < 1.29 is 22.3 Å². The monoisotopic (exact) mass is 568 g/mol. The summed E-state index contributed by atoms with van der Waals surface area (Å²) in [6.45, 7) is 2.68. The lowest BCUT2D eigenvalue weighted by Gasteiger charge is -2.42. The van der Waals surface area contributed by atoms with Gasteiger partial charge in [0.05, 0.1) is 18.4 Å². The molecule has 5 rings (SSSR count). The van der Waals surface area contributed by atoms with Crippen LogP contribution in [0.5, 0.6) is 5.75 Å². The number of ether oxygens (including phenoxy) is 1. The molecule has 3 fully saturated rings. The van der Waals surface area contributed by atoms with Crippen molar-refractivity contribution in [3.63, 3.8) is 0 Å². The first-order chi connectivity index (χ1) is 17.5. The van der Waals surface area contributed by atoms with E-state index >= 15 is 0 Å². The van der Waals surface area contributed by atoms with Crippen molar-refractivity contribution in [1.29, 1.82) is 0 Å². The van der Waals surface area contributed by atoms with Crippen LogP contribution in [0.25, 0.3) is 0 Å². The van der Waals surface area contributed by atoms with Gasteiger partial charge in [-0.1, -0.05) is 23.2 Å². The number of halogens is 3. The Bertz CT molecular complexity index is 1280. The molecule has 2 aromatic rings. The van der Waals surface area contributed by atoms with Crippen molar-refractivity contribution in [3.05, 3.63) is 62.9 Å². The largest absolute Gasteiger partial charge is 0.493 e. The van der Waals surface area contributed by atoms with E-state index in [-0.39, 0.29) is 17.5 Å². The predicted octanol–water partition coefficient (Wildman–Crippen LogP) is 6.08. The molecule has 1 N–H and O–H groups in total. The summed E-state index contributed by atoms with van der Waals surface area (Å²) in [7, 11) is -3.79. The lowest BCUT2D eigenvalue weighted by Crippen LogP contribution is -2.45. The van der Waals surface area contributed by atoms with E-state index in [2.05, 4.69) is 11.8 Å². The molecular weight excluding hydrogens is 538 g/mol. The first kappa shape index (κ1) is 26.7. The standard InChI is InChI=1S/C27H31Cl2FN2O4S/c1-15(18-9-19(28)11-20(29)10-18)32-21-5-6-22(32)8-16(7-21)14-36-26-13-25(30)24(12-23(26)17-3-4-17)27(33)31-37(2,34)35/h9-13,15-17,21-22H,3-8,14H2,1-2H3,(H,31,33)/t15-,16?,21-,22?/m1/s1. The molecule has 0 aromatic heterocycles. The quantitative estimate of drug-likeness (QED) is 0.417. The molecule has 6 nitrogen and oxygen atoms in total. The average molecular weight is 570 g/mol. The second kappa shape index (κ2) is 10.4. The number of carbonyl (C=O) groups excluding carboxylic acids is 1. The maximum absolute atomic E-state index is 14.8. The van der Waals surface area contributed by atoms with Crippen molar-refractivity contribution in [3.8, 4) is 5.75 Å². The Labute approximate surface area is 227 Å². The molecule has 1 aliphatic carbocycles. The SMILES string of the molecule is C[C@H](c1cc(Cl)cc(Cl)c1)N1C2CC[C@@H]1CC(COc1cc(F)c(C(=O)NS(C)(=O)=O)cc1C1CC1)C2. The third kappa shape index (κ3) is 6.08. The van der Waals surface area contributed by atoms with Crippen LogP contribution >= 0.6 is 23.2 Å². The summed E-state index contributed by atoms with van der Waals surface area (Å²) in [5.74, 6) is -0.763. The minimum absolute atomic E-state index is 0.198. The Hall–Kier alpha value is -1.87. The van der Waals surface area contributed by atoms with Gasteiger partial charge < -0.3 is 4.74 Å². The van der Waals surface area contributed by atoms with E-state index in [1.807, 2.05) is 16.9 Å². The highest BCUT2D eigenvalue weighted by Crippen LogP contribution is 2.47. The van der Waals surface area contributed by atoms with Crippen LogP contribution in [0.2, 0.25) is 10.0 Å². The van der Waals surface area contributed by atoms with E-state index < -0.39 is 21.7 Å². The van der Waals surface area contributed by atoms with Gasteiger partial charge in [0.25, 0.3) is 5.91 Å². The van der Waals surface area contributed by atoms with Crippen molar-refractivity contribution in [2.75, 3.05) is 12.9 Å². The number of hydrogen-bond donors (Lipinski definition) is 1. The molecule has 0 radical (unpaired) electrons. The minimum Gasteiger partial charge on any atom is -0.493 e. The van der Waals surface area contributed by atoms with Gasteiger partial charge in [0.15, 0.2) is 0 Å². The molecule has 37 heavy (non-hydrogen) atoms. The zero-order chi connectivity index (χ0) is 26.5. The third-order valence-corrected chi connectivity index (χ3v) is 8.81. The minimum atomic E-state index is -3.79. The molecule has 1 amide bonds. The number of carbonyl (C=O) groups is 1. The van der Waals surface area contributed by atoms with Crippen molar-refractivity contribution >= 4 is 39.1 Å². The fourth-order valence-corrected chi connectivity index (χ4v) is 7.09. The number of fused-ring (bicyclic) bond motifs is 2. The van der Waals surface area contributed by atoms with E-state index in [4.69, 9.17) is 27.9 Å². The van der Waals surface area contributed by atoms with Crippen LogP contribution in [0.4, 0.5) is 4.39 Å². The van der Waals surface area contributed by atoms with Gasteiger partial charge in [-0.05, 0) is 92.7 Å². The Morgan fingerprint density at radius 2 is 1.70 bits per heavy atom. The number of piperidine rings is 1. The van der Waals surface area contributed by atoms with Crippen LogP contribution in [-0.4, -0.2) is 44.2 Å². The molecule has 2 aromatic carbocycles. The van der Waals surface area contributed by atoms with Crippen molar-refractivity contribution in [2.24, 2.45) is 5.92 Å². The lowest BCUT2D eigenvalue weighted by atomic mass is 9.89. The van der Waals surface area contributed by atoms with Crippen LogP contribution in [-0.2, 0) is 10.0 Å². The van der Waals surface area contributed by atoms with Crippen molar-refractivity contribution in [1.82, 2.24) is 9.62 Å². The van der Waals surface area contributed by atoms with E-state index in [0.717, 1.165) is 55.9 Å². The Morgan fingerprint density at radius 3 is 2.27 bits per heavy atom. The summed E-state index contributed by atoms with van der Waals surface area (Å²) < 4.78 is 45.8. The zero-order valence-corrected chi connectivity index (χ0v) is 23.2. The number of nitrogens with zero attached hydrogens (tertiary/aromatic N) is 1. The summed E-state index contributed by atoms with van der Waals surface area (Å²) in [5.41, 5.74) is 1.61. The predicted molar refractivity (Wildman–Crippen MR) is 142 cm³/mol. The summed E-state index contributed by atoms with van der Waals surface area (Å²) in [6.07, 6.45) is 6.98. The Morgan fingerprint density at radius 1 is 1.08 bits per heavy atom. The van der Waals surface area contributed by atoms with E-state index in [1.54, 1.807) is 6.07 Å². The van der Waals surface area contributed by atoms with Gasteiger partial charge >= 0.3 is 0 Å². The number of nitrogens with one attached hydrogen (secondary N) is 1. The zero-order valence-electron chi connectivity index (χ0n) is 20.8. The number of rotatable bonds is 8. The average Bonchev–Trinajstić information content (AvgIpc) is 3.60. The normalized spacial score (nSPS) is 24.6. The van der Waals surface area contributed by atoms with Gasteiger partial charge in [-0.2, -0.15) is 0 Å². The number of amides is 1. The van der Waals surface area contributed by atoms with Gasteiger partial charge in [0.1, 0.15) is 11.6 Å². The lowest BCUT2D eigenvalue weighted by molar-refractivity contribution is 0.0492. The van der Waals surface area contributed by atoms with Gasteiger partial charge in [-0.15, -0.1) is 0 Å². The molecule has 1 saturated carbocycles. The Balaban J connectivity index is 1.27. The van der Waals surface area contributed by atoms with Gasteiger partial charge in [-0.25, -0.2) is 17.5 Å². The first-order valence-corrected chi connectivity index (χ1v) is 15.3. The molecule has 2 saturated heterocycles. The van der Waals surface area contributed by atoms with Crippen LogP contribution in [0.15, 0.2) is 30.3 Å². The van der Waals surface area contributed by atoms with Gasteiger partial charge in [-0.3, -0.25) is 9.69 Å². The highest BCUT2D eigenvalue weighted by molar-refractivity contribution is 7.89. The molecule has 10 heteroatoms. The number of sulfonamides is 1. The molecular formula is C27H31Cl2FN2O4S. The van der Waals surface area contributed by atoms with E-state index in [0.29, 0.717) is 40.4 Å². The summed E-state index contributed by atoms with van der Waals surface area (Å²) in [5, 5.41) is 1.28. The maximum Gasteiger partial charge on any atom is 0.267 e. The first-order valence-electron chi connectivity index (χ1n) is 12.7. The fraction of sp³-hybridized carbons (Fsp3) is 0.519. The van der Waals surface area contributed by atoms with Crippen LogP contribution in [0.3, 0.4) is 0 Å².